The van der Waals surface area contributed by atoms with E-state index in [4.69, 9.17) is 5.73 Å². The molecule has 0 bridgehead atoms. The van der Waals surface area contributed by atoms with Gasteiger partial charge in [-0.3, -0.25) is 0 Å². The fourth-order valence-electron chi connectivity index (χ4n) is 1.38. The molecule has 1 aromatic carbocycles. The van der Waals surface area contributed by atoms with Crippen LogP contribution in [0.25, 0.3) is 5.70 Å². The highest BCUT2D eigenvalue weighted by atomic mass is 14.6. The molecule has 80 valence electrons. The van der Waals surface area contributed by atoms with Gasteiger partial charge in [-0.2, -0.15) is 0 Å². The van der Waals surface area contributed by atoms with Crippen LogP contribution in [0.4, 0.5) is 0 Å². The van der Waals surface area contributed by atoms with Gasteiger partial charge in [0.05, 0.1) is 0 Å². The van der Waals surface area contributed by atoms with E-state index in [2.05, 4.69) is 18.4 Å². The fraction of sp³-hybridized carbons (Fsp3) is 0.200. The zero-order valence-corrected chi connectivity index (χ0v) is 9.24. The summed E-state index contributed by atoms with van der Waals surface area (Å²) in [5.74, 6) is 7.05. The first-order chi connectivity index (χ1) is 7.79. The van der Waals surface area contributed by atoms with Crippen molar-refractivity contribution in [2.75, 3.05) is 0 Å². The molecule has 0 aromatic heterocycles. The van der Waals surface area contributed by atoms with Gasteiger partial charge in [0.25, 0.3) is 0 Å². The average molecular weight is 209 g/mol. The van der Waals surface area contributed by atoms with Crippen LogP contribution in [-0.4, -0.2) is 0 Å². The standard InChI is InChI=1S/C15H15N/c1-2-3-15(16)14-10-8-13(9-11-14)7-6-12-4-5-12/h2-3,8-12H,1,4-5,16H2/b15-3-. The Balaban J connectivity index is 2.13. The van der Waals surface area contributed by atoms with E-state index in [0.29, 0.717) is 5.92 Å². The molecular weight excluding hydrogens is 194 g/mol. The van der Waals surface area contributed by atoms with Crippen LogP contribution in [0, 0.1) is 17.8 Å². The second kappa shape index (κ2) is 4.72. The van der Waals surface area contributed by atoms with E-state index in [1.54, 1.807) is 12.2 Å². The first-order valence-electron chi connectivity index (χ1n) is 5.50. The van der Waals surface area contributed by atoms with Crippen LogP contribution in [-0.2, 0) is 0 Å². The molecule has 1 aromatic rings. The number of allylic oxidation sites excluding steroid dienone is 2. The highest BCUT2D eigenvalue weighted by Gasteiger charge is 2.17. The Morgan fingerprint density at radius 3 is 2.56 bits per heavy atom. The third kappa shape index (κ3) is 2.77. The number of nitrogens with two attached hydrogens (primary N) is 1. The summed E-state index contributed by atoms with van der Waals surface area (Å²) in [6.45, 7) is 3.62. The topological polar surface area (TPSA) is 26.0 Å². The molecule has 0 saturated heterocycles. The second-order valence-electron chi connectivity index (χ2n) is 3.98. The molecule has 1 aliphatic rings. The molecule has 1 fully saturated rings. The summed E-state index contributed by atoms with van der Waals surface area (Å²) in [5.41, 5.74) is 8.64. The molecule has 1 saturated carbocycles. The lowest BCUT2D eigenvalue weighted by atomic mass is 10.1. The zero-order chi connectivity index (χ0) is 11.4. The number of hydrogen-bond acceptors (Lipinski definition) is 1. The maximum Gasteiger partial charge on any atom is 0.0387 e. The Kier molecular flexibility index (Phi) is 3.12. The van der Waals surface area contributed by atoms with Gasteiger partial charge in [0, 0.05) is 17.2 Å². The predicted molar refractivity (Wildman–Crippen MR) is 68.4 cm³/mol. The molecule has 0 atom stereocenters. The molecule has 0 amide bonds. The van der Waals surface area contributed by atoms with Crippen LogP contribution < -0.4 is 5.73 Å². The van der Waals surface area contributed by atoms with E-state index < -0.39 is 0 Å². The average Bonchev–Trinajstić information content (AvgIpc) is 3.11. The van der Waals surface area contributed by atoms with E-state index in [9.17, 15) is 0 Å². The van der Waals surface area contributed by atoms with E-state index in [1.807, 2.05) is 24.3 Å². The van der Waals surface area contributed by atoms with Gasteiger partial charge in [-0.15, -0.1) is 0 Å². The van der Waals surface area contributed by atoms with Gasteiger partial charge in [-0.05, 0) is 36.6 Å². The minimum atomic E-state index is 0.644. The molecule has 0 spiro atoms. The fourth-order valence-corrected chi connectivity index (χ4v) is 1.38. The van der Waals surface area contributed by atoms with E-state index in [-0.39, 0.29) is 0 Å². The Morgan fingerprint density at radius 2 is 2.00 bits per heavy atom. The van der Waals surface area contributed by atoms with Crippen LogP contribution >= 0.6 is 0 Å². The molecule has 16 heavy (non-hydrogen) atoms. The Bertz CT molecular complexity index is 464. The van der Waals surface area contributed by atoms with Gasteiger partial charge < -0.3 is 5.73 Å². The first kappa shape index (κ1) is 10.6. The number of benzene rings is 1. The quantitative estimate of drug-likeness (QED) is 0.588. The molecule has 0 radical (unpaired) electrons. The van der Waals surface area contributed by atoms with Crippen molar-refractivity contribution in [3.63, 3.8) is 0 Å². The maximum atomic E-state index is 5.84. The second-order valence-corrected chi connectivity index (χ2v) is 3.98. The summed E-state index contributed by atoms with van der Waals surface area (Å²) in [7, 11) is 0. The summed E-state index contributed by atoms with van der Waals surface area (Å²) >= 11 is 0. The van der Waals surface area contributed by atoms with Crippen molar-refractivity contribution in [1.82, 2.24) is 0 Å². The van der Waals surface area contributed by atoms with Crippen molar-refractivity contribution >= 4 is 5.70 Å². The van der Waals surface area contributed by atoms with Gasteiger partial charge in [0.1, 0.15) is 0 Å². The Morgan fingerprint density at radius 1 is 1.31 bits per heavy atom. The van der Waals surface area contributed by atoms with Gasteiger partial charge >= 0.3 is 0 Å². The number of rotatable bonds is 2. The minimum Gasteiger partial charge on any atom is -0.398 e. The molecule has 1 nitrogen and oxygen atoms in total. The van der Waals surface area contributed by atoms with Crippen molar-refractivity contribution < 1.29 is 0 Å². The molecule has 0 aliphatic heterocycles. The van der Waals surface area contributed by atoms with Crippen molar-refractivity contribution in [2.24, 2.45) is 11.7 Å². The summed E-state index contributed by atoms with van der Waals surface area (Å²) in [5, 5.41) is 0. The van der Waals surface area contributed by atoms with Gasteiger partial charge in [0.15, 0.2) is 0 Å². The third-order valence-corrected chi connectivity index (χ3v) is 2.51. The summed E-state index contributed by atoms with van der Waals surface area (Å²) < 4.78 is 0. The Labute approximate surface area is 96.7 Å². The molecule has 1 heteroatoms. The highest BCUT2D eigenvalue weighted by molar-refractivity contribution is 5.64. The SMILES string of the molecule is C=C/C=C(\N)c1ccc(C#CC2CC2)cc1. The lowest BCUT2D eigenvalue weighted by Gasteiger charge is -2.00. The lowest BCUT2D eigenvalue weighted by Crippen LogP contribution is -1.95. The van der Waals surface area contributed by atoms with Crippen LogP contribution in [0.15, 0.2) is 43.0 Å². The zero-order valence-electron chi connectivity index (χ0n) is 9.24. The van der Waals surface area contributed by atoms with E-state index in [1.165, 1.54) is 12.8 Å². The summed E-state index contributed by atoms with van der Waals surface area (Å²) in [6, 6.07) is 8.00. The molecular formula is C15H15N. The first-order valence-corrected chi connectivity index (χ1v) is 5.50. The minimum absolute atomic E-state index is 0.644. The normalized spacial score (nSPS) is 15.1. The van der Waals surface area contributed by atoms with Gasteiger partial charge in [0.2, 0.25) is 0 Å². The van der Waals surface area contributed by atoms with Crippen LogP contribution in [0.3, 0.4) is 0 Å². The third-order valence-electron chi connectivity index (χ3n) is 2.51. The van der Waals surface area contributed by atoms with E-state index >= 15 is 0 Å². The number of hydrogen-bond donors (Lipinski definition) is 1. The van der Waals surface area contributed by atoms with Crippen molar-refractivity contribution in [2.45, 2.75) is 12.8 Å². The lowest BCUT2D eigenvalue weighted by molar-refractivity contribution is 1.18. The van der Waals surface area contributed by atoms with Crippen LogP contribution in [0.5, 0.6) is 0 Å². The molecule has 0 heterocycles. The molecule has 2 N–H and O–H groups in total. The van der Waals surface area contributed by atoms with Gasteiger partial charge in [-0.25, -0.2) is 0 Å². The highest BCUT2D eigenvalue weighted by Crippen LogP contribution is 2.27. The molecule has 1 aliphatic carbocycles. The predicted octanol–water partition coefficient (Wildman–Crippen LogP) is 2.93. The monoisotopic (exact) mass is 209 g/mol. The van der Waals surface area contributed by atoms with Crippen LogP contribution in [0.2, 0.25) is 0 Å². The smallest absolute Gasteiger partial charge is 0.0387 e. The van der Waals surface area contributed by atoms with E-state index in [0.717, 1.165) is 16.8 Å². The molecule has 2 rings (SSSR count). The molecule has 0 unspecified atom stereocenters. The Hall–Kier alpha value is -1.94. The summed E-state index contributed by atoms with van der Waals surface area (Å²) in [6.07, 6.45) is 6.02. The van der Waals surface area contributed by atoms with Crippen molar-refractivity contribution in [3.8, 4) is 11.8 Å². The van der Waals surface area contributed by atoms with Crippen molar-refractivity contribution in [1.29, 1.82) is 0 Å². The largest absolute Gasteiger partial charge is 0.398 e. The van der Waals surface area contributed by atoms with Crippen molar-refractivity contribution in [3.05, 3.63) is 54.1 Å². The van der Waals surface area contributed by atoms with Crippen LogP contribution in [0.1, 0.15) is 24.0 Å². The van der Waals surface area contributed by atoms with Gasteiger partial charge in [-0.1, -0.05) is 36.6 Å². The maximum absolute atomic E-state index is 5.84. The summed E-state index contributed by atoms with van der Waals surface area (Å²) in [4.78, 5) is 0.